The summed E-state index contributed by atoms with van der Waals surface area (Å²) in [5.74, 6) is -1.87. The molecule has 0 aliphatic carbocycles. The molecule has 30 heavy (non-hydrogen) atoms. The van der Waals surface area contributed by atoms with Gasteiger partial charge in [0.2, 0.25) is 0 Å². The van der Waals surface area contributed by atoms with E-state index >= 15 is 0 Å². The number of carbonyl (C=O) groups is 3. The summed E-state index contributed by atoms with van der Waals surface area (Å²) in [6.07, 6.45) is 0. The SMILES string of the molecule is Cc1cccc(C(=O)NC(C(=O)OCC(=O)N(CC#N)c2ccccc2)C(C)C)c1. The average Bonchev–Trinajstić information content (AvgIpc) is 2.74. The first-order valence-electron chi connectivity index (χ1n) is 9.60. The highest BCUT2D eigenvalue weighted by molar-refractivity contribution is 5.98. The molecule has 1 N–H and O–H groups in total. The molecule has 2 aromatic carbocycles. The van der Waals surface area contributed by atoms with Crippen LogP contribution in [0.5, 0.6) is 0 Å². The van der Waals surface area contributed by atoms with Gasteiger partial charge in [-0.25, -0.2) is 4.79 Å². The first kappa shape index (κ1) is 22.6. The lowest BCUT2D eigenvalue weighted by Crippen LogP contribution is -2.46. The van der Waals surface area contributed by atoms with Crippen LogP contribution in [-0.2, 0) is 14.3 Å². The van der Waals surface area contributed by atoms with Crippen LogP contribution in [0.25, 0.3) is 0 Å². The van der Waals surface area contributed by atoms with E-state index in [0.29, 0.717) is 11.3 Å². The number of nitrogens with one attached hydrogen (secondary N) is 1. The molecule has 0 saturated heterocycles. The number of hydrogen-bond donors (Lipinski definition) is 1. The molecule has 2 aromatic rings. The molecule has 0 aromatic heterocycles. The van der Waals surface area contributed by atoms with Gasteiger partial charge in [0.1, 0.15) is 12.6 Å². The van der Waals surface area contributed by atoms with Crippen molar-refractivity contribution in [2.45, 2.75) is 26.8 Å². The molecule has 156 valence electrons. The van der Waals surface area contributed by atoms with Crippen molar-refractivity contribution in [1.29, 1.82) is 5.26 Å². The summed E-state index contributed by atoms with van der Waals surface area (Å²) in [4.78, 5) is 38.8. The lowest BCUT2D eigenvalue weighted by atomic mass is 10.0. The Hall–Kier alpha value is -3.66. The third-order valence-electron chi connectivity index (χ3n) is 4.42. The van der Waals surface area contributed by atoms with Gasteiger partial charge in [-0.1, -0.05) is 49.7 Å². The number of anilines is 1. The average molecular weight is 407 g/mol. The van der Waals surface area contributed by atoms with Gasteiger partial charge in [0.15, 0.2) is 6.61 Å². The first-order chi connectivity index (χ1) is 14.3. The molecule has 0 saturated carbocycles. The number of hydrogen-bond acceptors (Lipinski definition) is 5. The van der Waals surface area contributed by atoms with Gasteiger partial charge in [-0.05, 0) is 37.1 Å². The quantitative estimate of drug-likeness (QED) is 0.536. The number of nitriles is 1. The fraction of sp³-hybridized carbons (Fsp3) is 0.304. The number of para-hydroxylation sites is 1. The lowest BCUT2D eigenvalue weighted by Gasteiger charge is -2.23. The van der Waals surface area contributed by atoms with Crippen LogP contribution >= 0.6 is 0 Å². The van der Waals surface area contributed by atoms with Crippen molar-refractivity contribution in [2.75, 3.05) is 18.1 Å². The second-order valence-corrected chi connectivity index (χ2v) is 7.15. The fourth-order valence-electron chi connectivity index (χ4n) is 2.81. The summed E-state index contributed by atoms with van der Waals surface area (Å²) in [5.41, 5.74) is 1.90. The molecule has 1 unspecified atom stereocenters. The Morgan fingerprint density at radius 3 is 2.40 bits per heavy atom. The van der Waals surface area contributed by atoms with E-state index in [2.05, 4.69) is 5.32 Å². The number of carbonyl (C=O) groups excluding carboxylic acids is 3. The van der Waals surface area contributed by atoms with E-state index in [1.165, 1.54) is 4.90 Å². The highest BCUT2D eigenvalue weighted by Crippen LogP contribution is 2.14. The van der Waals surface area contributed by atoms with Gasteiger partial charge >= 0.3 is 5.97 Å². The van der Waals surface area contributed by atoms with Gasteiger partial charge in [0, 0.05) is 11.3 Å². The molecule has 0 spiro atoms. The Bertz CT molecular complexity index is 935. The number of amides is 2. The van der Waals surface area contributed by atoms with Crippen LogP contribution in [0.3, 0.4) is 0 Å². The Labute approximate surface area is 176 Å². The van der Waals surface area contributed by atoms with Crippen LogP contribution in [0.1, 0.15) is 29.8 Å². The van der Waals surface area contributed by atoms with Crippen molar-refractivity contribution in [2.24, 2.45) is 5.92 Å². The number of esters is 1. The Balaban J connectivity index is 2.03. The summed E-state index contributed by atoms with van der Waals surface area (Å²) in [6.45, 7) is 4.72. The lowest BCUT2D eigenvalue weighted by molar-refractivity contribution is -0.150. The molecule has 7 nitrogen and oxygen atoms in total. The summed E-state index contributed by atoms with van der Waals surface area (Å²) in [5, 5.41) is 11.7. The molecule has 0 radical (unpaired) electrons. The fourth-order valence-corrected chi connectivity index (χ4v) is 2.81. The molecule has 0 heterocycles. The minimum atomic E-state index is -0.910. The molecule has 0 aliphatic heterocycles. The van der Waals surface area contributed by atoms with E-state index in [0.717, 1.165) is 5.56 Å². The molecule has 0 aliphatic rings. The van der Waals surface area contributed by atoms with Gasteiger partial charge in [-0.3, -0.25) is 14.5 Å². The topological polar surface area (TPSA) is 99.5 Å². The van der Waals surface area contributed by atoms with Crippen molar-refractivity contribution in [3.63, 3.8) is 0 Å². The molecule has 1 atom stereocenters. The molecule has 7 heteroatoms. The van der Waals surface area contributed by atoms with Crippen LogP contribution in [0.2, 0.25) is 0 Å². The Morgan fingerprint density at radius 1 is 1.10 bits per heavy atom. The summed E-state index contributed by atoms with van der Waals surface area (Å²) >= 11 is 0. The number of ether oxygens (including phenoxy) is 1. The van der Waals surface area contributed by atoms with Crippen molar-refractivity contribution in [3.8, 4) is 6.07 Å². The Morgan fingerprint density at radius 2 is 1.80 bits per heavy atom. The summed E-state index contributed by atoms with van der Waals surface area (Å²) in [7, 11) is 0. The molecule has 2 rings (SSSR count). The number of nitrogens with zero attached hydrogens (tertiary/aromatic N) is 2. The third-order valence-corrected chi connectivity index (χ3v) is 4.42. The molecule has 2 amide bonds. The van der Waals surface area contributed by atoms with Crippen molar-refractivity contribution >= 4 is 23.5 Å². The van der Waals surface area contributed by atoms with Crippen LogP contribution < -0.4 is 10.2 Å². The minimum Gasteiger partial charge on any atom is -0.454 e. The van der Waals surface area contributed by atoms with Crippen LogP contribution in [0.4, 0.5) is 5.69 Å². The normalized spacial score (nSPS) is 11.3. The van der Waals surface area contributed by atoms with Crippen LogP contribution in [0.15, 0.2) is 54.6 Å². The van der Waals surface area contributed by atoms with Crippen molar-refractivity contribution in [3.05, 3.63) is 65.7 Å². The second kappa shape index (κ2) is 10.8. The minimum absolute atomic E-state index is 0.169. The molecular formula is C23H25N3O4. The standard InChI is InChI=1S/C23H25N3O4/c1-16(2)21(25-22(28)18-9-7-8-17(3)14-18)23(29)30-15-20(27)26(13-12-24)19-10-5-4-6-11-19/h4-11,14,16,21H,13,15H2,1-3H3,(H,25,28). The second-order valence-electron chi connectivity index (χ2n) is 7.15. The van der Waals surface area contributed by atoms with E-state index in [9.17, 15) is 14.4 Å². The monoisotopic (exact) mass is 407 g/mol. The number of aryl methyl sites for hydroxylation is 1. The van der Waals surface area contributed by atoms with E-state index in [1.54, 1.807) is 62.4 Å². The maximum absolute atomic E-state index is 12.6. The highest BCUT2D eigenvalue weighted by atomic mass is 16.5. The smallest absolute Gasteiger partial charge is 0.329 e. The van der Waals surface area contributed by atoms with E-state index in [4.69, 9.17) is 10.00 Å². The van der Waals surface area contributed by atoms with Crippen LogP contribution in [0, 0.1) is 24.2 Å². The van der Waals surface area contributed by atoms with E-state index < -0.39 is 30.4 Å². The first-order valence-corrected chi connectivity index (χ1v) is 9.60. The molecular weight excluding hydrogens is 382 g/mol. The van der Waals surface area contributed by atoms with Gasteiger partial charge < -0.3 is 10.1 Å². The van der Waals surface area contributed by atoms with Gasteiger partial charge in [0.05, 0.1) is 6.07 Å². The third kappa shape index (κ3) is 6.17. The maximum Gasteiger partial charge on any atom is 0.329 e. The molecule has 0 fully saturated rings. The van der Waals surface area contributed by atoms with Crippen LogP contribution in [-0.4, -0.2) is 37.0 Å². The predicted octanol–water partition coefficient (Wildman–Crippen LogP) is 2.85. The van der Waals surface area contributed by atoms with E-state index in [-0.39, 0.29) is 12.5 Å². The summed E-state index contributed by atoms with van der Waals surface area (Å²) in [6, 6.07) is 16.7. The Kier molecular flexibility index (Phi) is 8.12. The van der Waals surface area contributed by atoms with Gasteiger partial charge in [0.25, 0.3) is 11.8 Å². The van der Waals surface area contributed by atoms with Gasteiger partial charge in [-0.15, -0.1) is 0 Å². The van der Waals surface area contributed by atoms with E-state index in [1.807, 2.05) is 19.1 Å². The molecule has 0 bridgehead atoms. The van der Waals surface area contributed by atoms with Gasteiger partial charge in [-0.2, -0.15) is 5.26 Å². The zero-order chi connectivity index (χ0) is 22.1. The number of rotatable bonds is 8. The zero-order valence-electron chi connectivity index (χ0n) is 17.3. The summed E-state index contributed by atoms with van der Waals surface area (Å²) < 4.78 is 5.18. The highest BCUT2D eigenvalue weighted by Gasteiger charge is 2.27. The largest absolute Gasteiger partial charge is 0.454 e. The predicted molar refractivity (Wildman–Crippen MR) is 113 cm³/mol. The zero-order valence-corrected chi connectivity index (χ0v) is 17.3. The maximum atomic E-state index is 12.6. The number of benzene rings is 2. The van der Waals surface area contributed by atoms with Crippen molar-refractivity contribution < 1.29 is 19.1 Å². The van der Waals surface area contributed by atoms with Crippen molar-refractivity contribution in [1.82, 2.24) is 5.32 Å².